The largest absolute Gasteiger partial charge is 0.459 e. The molecule has 0 spiro atoms. The molecule has 2 aromatic heterocycles. The van der Waals surface area contributed by atoms with Crippen LogP contribution in [0, 0.1) is 13.8 Å². The fourth-order valence-corrected chi connectivity index (χ4v) is 5.12. The number of rotatable bonds is 2. The highest BCUT2D eigenvalue weighted by atomic mass is 32.1. The number of anilines is 1. The van der Waals surface area contributed by atoms with E-state index in [1.165, 1.54) is 46.6 Å². The maximum absolute atomic E-state index is 12.9. The normalized spacial score (nSPS) is 21.7. The highest BCUT2D eigenvalue weighted by Gasteiger charge is 2.38. The lowest BCUT2D eigenvalue weighted by Crippen LogP contribution is -3.16. The summed E-state index contributed by atoms with van der Waals surface area (Å²) in [4.78, 5) is 17.7. The average Bonchev–Trinajstić information content (AvgIpc) is 3.29. The van der Waals surface area contributed by atoms with E-state index >= 15 is 0 Å². The Morgan fingerprint density at radius 2 is 2.13 bits per heavy atom. The molecule has 0 radical (unpaired) electrons. The van der Waals surface area contributed by atoms with Gasteiger partial charge in [0, 0.05) is 10.4 Å². The number of nitrogens with one attached hydrogen (secondary N) is 1. The van der Waals surface area contributed by atoms with Gasteiger partial charge in [0.1, 0.15) is 11.5 Å². The maximum atomic E-state index is 12.9. The molecule has 0 saturated heterocycles. The van der Waals surface area contributed by atoms with Crippen molar-refractivity contribution in [2.45, 2.75) is 52.1 Å². The number of aryl methyl sites for hydroxylation is 1. The number of quaternary nitrogens is 1. The molecular formula is C18H23N2O2S+. The van der Waals surface area contributed by atoms with Crippen LogP contribution in [0.1, 0.15) is 52.2 Å². The molecule has 1 aliphatic heterocycles. The molecule has 4 rings (SSSR count). The van der Waals surface area contributed by atoms with E-state index in [2.05, 4.69) is 13.8 Å². The first-order valence-corrected chi connectivity index (χ1v) is 9.25. The molecule has 2 aliphatic rings. The smallest absolute Gasteiger partial charge is 0.298 e. The third kappa shape index (κ3) is 2.52. The zero-order valence-corrected chi connectivity index (χ0v) is 14.5. The first-order valence-electron chi connectivity index (χ1n) is 8.44. The maximum Gasteiger partial charge on any atom is 0.298 e. The second-order valence-electron chi connectivity index (χ2n) is 6.75. The summed E-state index contributed by atoms with van der Waals surface area (Å²) in [6.07, 6.45) is 6.81. The van der Waals surface area contributed by atoms with Gasteiger partial charge >= 0.3 is 0 Å². The molecule has 0 aromatic carbocycles. The van der Waals surface area contributed by atoms with Crippen LogP contribution in [0.25, 0.3) is 0 Å². The monoisotopic (exact) mass is 331 g/mol. The van der Waals surface area contributed by atoms with Crippen LogP contribution in [0.4, 0.5) is 5.00 Å². The lowest BCUT2D eigenvalue weighted by atomic mass is 10.1. The van der Waals surface area contributed by atoms with Crippen LogP contribution in [-0.2, 0) is 6.54 Å². The summed E-state index contributed by atoms with van der Waals surface area (Å²) in [5.74, 6) is 0.431. The first kappa shape index (κ1) is 15.0. The number of nitrogens with zero attached hydrogens (tertiary/aromatic N) is 1. The number of fused-ring (bicyclic) bond motifs is 1. The molecule has 2 aromatic rings. The standard InChI is InChI=1S/C18H22N2O2S/c1-12-13(2)23-18-15(12)10-19(14-6-3-4-7-14)11-20(18)17(21)16-8-5-9-22-16/h5,8-9,14H,3-4,6-7,10-11H2,1-2H3/p+1. The fraction of sp³-hybridized carbons (Fsp3) is 0.500. The highest BCUT2D eigenvalue weighted by Crippen LogP contribution is 2.37. The number of amides is 1. The van der Waals surface area contributed by atoms with E-state index in [-0.39, 0.29) is 5.91 Å². The number of thiophene rings is 1. The van der Waals surface area contributed by atoms with Gasteiger partial charge in [-0.15, -0.1) is 11.3 Å². The topological polar surface area (TPSA) is 37.9 Å². The zero-order chi connectivity index (χ0) is 16.0. The molecule has 4 nitrogen and oxygen atoms in total. The van der Waals surface area contributed by atoms with Gasteiger partial charge in [0.25, 0.3) is 5.91 Å². The van der Waals surface area contributed by atoms with Crippen LogP contribution in [0.15, 0.2) is 22.8 Å². The summed E-state index contributed by atoms with van der Waals surface area (Å²) < 4.78 is 5.37. The van der Waals surface area contributed by atoms with E-state index in [4.69, 9.17) is 4.42 Å². The zero-order valence-electron chi connectivity index (χ0n) is 13.7. The van der Waals surface area contributed by atoms with Crippen molar-refractivity contribution in [1.29, 1.82) is 0 Å². The lowest BCUT2D eigenvalue weighted by Gasteiger charge is -2.35. The van der Waals surface area contributed by atoms with Crippen LogP contribution in [-0.4, -0.2) is 18.6 Å². The second-order valence-corrected chi connectivity index (χ2v) is 7.96. The molecule has 0 bridgehead atoms. The van der Waals surface area contributed by atoms with Gasteiger partial charge in [-0.05, 0) is 57.2 Å². The first-order chi connectivity index (χ1) is 11.1. The Labute approximate surface area is 140 Å². The molecule has 1 saturated carbocycles. The van der Waals surface area contributed by atoms with Crippen molar-refractivity contribution in [1.82, 2.24) is 0 Å². The van der Waals surface area contributed by atoms with Crippen molar-refractivity contribution in [2.24, 2.45) is 0 Å². The van der Waals surface area contributed by atoms with E-state index in [0.717, 1.165) is 18.2 Å². The van der Waals surface area contributed by atoms with E-state index in [1.807, 2.05) is 4.90 Å². The molecule has 1 unspecified atom stereocenters. The Balaban J connectivity index is 1.71. The van der Waals surface area contributed by atoms with Crippen molar-refractivity contribution in [3.8, 4) is 0 Å². The number of hydrogen-bond donors (Lipinski definition) is 1. The number of carbonyl (C=O) groups excluding carboxylic acids is 1. The van der Waals surface area contributed by atoms with Gasteiger partial charge in [0.15, 0.2) is 12.4 Å². The molecule has 1 fully saturated rings. The van der Waals surface area contributed by atoms with Gasteiger partial charge in [-0.1, -0.05) is 0 Å². The fourth-order valence-electron chi connectivity index (χ4n) is 3.94. The predicted octanol–water partition coefficient (Wildman–Crippen LogP) is 2.90. The highest BCUT2D eigenvalue weighted by molar-refractivity contribution is 7.16. The van der Waals surface area contributed by atoms with E-state index < -0.39 is 0 Å². The van der Waals surface area contributed by atoms with Gasteiger partial charge in [-0.3, -0.25) is 4.79 Å². The van der Waals surface area contributed by atoms with Crippen LogP contribution >= 0.6 is 11.3 Å². The molecule has 1 atom stereocenters. The van der Waals surface area contributed by atoms with E-state index in [9.17, 15) is 4.79 Å². The van der Waals surface area contributed by atoms with E-state index in [0.29, 0.717) is 11.8 Å². The third-order valence-corrected chi connectivity index (χ3v) is 6.68. The number of furan rings is 1. The Morgan fingerprint density at radius 1 is 1.35 bits per heavy atom. The Hall–Kier alpha value is -1.59. The molecule has 1 aliphatic carbocycles. The summed E-state index contributed by atoms with van der Waals surface area (Å²) in [5, 5.41) is 1.13. The van der Waals surface area contributed by atoms with Gasteiger partial charge in [0.05, 0.1) is 12.3 Å². The van der Waals surface area contributed by atoms with Crippen molar-refractivity contribution < 1.29 is 14.1 Å². The second kappa shape index (κ2) is 5.80. The Bertz CT molecular complexity index is 714. The van der Waals surface area contributed by atoms with Gasteiger partial charge in [-0.2, -0.15) is 0 Å². The minimum Gasteiger partial charge on any atom is -0.459 e. The predicted molar refractivity (Wildman–Crippen MR) is 91.1 cm³/mol. The molecule has 1 N–H and O–H groups in total. The third-order valence-electron chi connectivity index (χ3n) is 5.41. The Morgan fingerprint density at radius 3 is 2.83 bits per heavy atom. The number of carbonyl (C=O) groups is 1. The van der Waals surface area contributed by atoms with Gasteiger partial charge in [0.2, 0.25) is 0 Å². The van der Waals surface area contributed by atoms with Crippen LogP contribution in [0.2, 0.25) is 0 Å². The average molecular weight is 331 g/mol. The molecule has 3 heterocycles. The van der Waals surface area contributed by atoms with Crippen LogP contribution in [0.5, 0.6) is 0 Å². The minimum absolute atomic E-state index is 0.00676. The minimum atomic E-state index is -0.00676. The SMILES string of the molecule is Cc1sc2c(c1C)C[NH+](C1CCCC1)CN2C(=O)c1ccco1. The summed E-state index contributed by atoms with van der Waals surface area (Å²) in [6, 6.07) is 4.23. The van der Waals surface area contributed by atoms with Crippen molar-refractivity contribution in [3.05, 3.63) is 40.2 Å². The number of hydrogen-bond acceptors (Lipinski definition) is 3. The van der Waals surface area contributed by atoms with Crippen molar-refractivity contribution in [2.75, 3.05) is 11.6 Å². The summed E-state index contributed by atoms with van der Waals surface area (Å²) in [6.45, 7) is 6.16. The summed E-state index contributed by atoms with van der Waals surface area (Å²) >= 11 is 1.75. The summed E-state index contributed by atoms with van der Waals surface area (Å²) in [7, 11) is 0. The summed E-state index contributed by atoms with van der Waals surface area (Å²) in [5.41, 5.74) is 2.72. The molecule has 1 amide bonds. The van der Waals surface area contributed by atoms with Gasteiger partial charge < -0.3 is 9.32 Å². The molecule has 5 heteroatoms. The van der Waals surface area contributed by atoms with Crippen molar-refractivity contribution in [3.63, 3.8) is 0 Å². The van der Waals surface area contributed by atoms with E-state index in [1.54, 1.807) is 29.7 Å². The molecule has 122 valence electrons. The van der Waals surface area contributed by atoms with Gasteiger partial charge in [-0.25, -0.2) is 4.90 Å². The quantitative estimate of drug-likeness (QED) is 0.919. The lowest BCUT2D eigenvalue weighted by molar-refractivity contribution is -0.938. The molecular weight excluding hydrogens is 308 g/mol. The molecule has 23 heavy (non-hydrogen) atoms. The Kier molecular flexibility index (Phi) is 3.77. The van der Waals surface area contributed by atoms with Crippen LogP contribution < -0.4 is 9.80 Å². The van der Waals surface area contributed by atoms with Crippen LogP contribution in [0.3, 0.4) is 0 Å². The van der Waals surface area contributed by atoms with Crippen molar-refractivity contribution >= 4 is 22.2 Å².